The van der Waals surface area contributed by atoms with E-state index in [1.807, 2.05) is 11.4 Å². The molecule has 2 nitrogen and oxygen atoms in total. The van der Waals surface area contributed by atoms with Crippen molar-refractivity contribution in [2.75, 3.05) is 0 Å². The topological polar surface area (TPSA) is 25.8 Å². The highest BCUT2D eigenvalue weighted by Gasteiger charge is 2.08. The summed E-state index contributed by atoms with van der Waals surface area (Å²) in [4.78, 5) is 8.80. The standard InChI is InChI=1S/C11H11ClN2S/c1-2-8-4-3-5-13-10(8)11-14-9(6-12)7-15-11/h3-5,7H,2,6H2,1H3. The first-order valence-electron chi connectivity index (χ1n) is 4.79. The minimum absolute atomic E-state index is 0.463. The number of aromatic nitrogens is 2. The molecule has 78 valence electrons. The SMILES string of the molecule is CCc1cccnc1-c1nc(CCl)cs1. The molecule has 0 spiro atoms. The van der Waals surface area contributed by atoms with Gasteiger partial charge in [0.05, 0.1) is 11.6 Å². The number of rotatable bonds is 3. The first kappa shape index (κ1) is 10.6. The maximum absolute atomic E-state index is 5.73. The Balaban J connectivity index is 2.44. The minimum atomic E-state index is 0.463. The van der Waals surface area contributed by atoms with Gasteiger partial charge in [0.25, 0.3) is 0 Å². The Morgan fingerprint density at radius 3 is 3.00 bits per heavy atom. The molecule has 0 bridgehead atoms. The number of thiazole rings is 1. The van der Waals surface area contributed by atoms with Crippen molar-refractivity contribution < 1.29 is 0 Å². The fourth-order valence-electron chi connectivity index (χ4n) is 1.39. The Morgan fingerprint density at radius 2 is 2.33 bits per heavy atom. The van der Waals surface area contributed by atoms with Crippen molar-refractivity contribution in [2.45, 2.75) is 19.2 Å². The predicted molar refractivity (Wildman–Crippen MR) is 64.3 cm³/mol. The third-order valence-corrected chi connectivity index (χ3v) is 3.34. The van der Waals surface area contributed by atoms with Gasteiger partial charge in [-0.2, -0.15) is 0 Å². The van der Waals surface area contributed by atoms with Gasteiger partial charge in [0.2, 0.25) is 0 Å². The average molecular weight is 239 g/mol. The number of aryl methyl sites for hydroxylation is 1. The van der Waals surface area contributed by atoms with Crippen molar-refractivity contribution in [2.24, 2.45) is 0 Å². The van der Waals surface area contributed by atoms with Crippen molar-refractivity contribution in [3.05, 3.63) is 35.0 Å². The number of alkyl halides is 1. The maximum Gasteiger partial charge on any atom is 0.142 e. The van der Waals surface area contributed by atoms with Crippen molar-refractivity contribution in [3.63, 3.8) is 0 Å². The second-order valence-corrected chi connectivity index (χ2v) is 4.27. The molecule has 0 amide bonds. The molecule has 2 aromatic rings. The Bertz CT molecular complexity index is 453. The van der Waals surface area contributed by atoms with Gasteiger partial charge < -0.3 is 0 Å². The van der Waals surface area contributed by atoms with Gasteiger partial charge in [0, 0.05) is 11.6 Å². The summed E-state index contributed by atoms with van der Waals surface area (Å²) in [6.07, 6.45) is 2.77. The van der Waals surface area contributed by atoms with E-state index in [0.717, 1.165) is 22.8 Å². The zero-order valence-corrected chi connectivity index (χ0v) is 9.98. The van der Waals surface area contributed by atoms with Gasteiger partial charge in [-0.25, -0.2) is 4.98 Å². The van der Waals surface area contributed by atoms with Crippen LogP contribution in [0.25, 0.3) is 10.7 Å². The van der Waals surface area contributed by atoms with Gasteiger partial charge in [-0.3, -0.25) is 4.98 Å². The van der Waals surface area contributed by atoms with Gasteiger partial charge in [-0.1, -0.05) is 13.0 Å². The summed E-state index contributed by atoms with van der Waals surface area (Å²) >= 11 is 7.32. The lowest BCUT2D eigenvalue weighted by Crippen LogP contribution is -1.90. The fourth-order valence-corrected chi connectivity index (χ4v) is 2.47. The normalized spacial score (nSPS) is 10.5. The van der Waals surface area contributed by atoms with E-state index in [1.54, 1.807) is 17.5 Å². The summed E-state index contributed by atoms with van der Waals surface area (Å²) in [5.41, 5.74) is 3.14. The van der Waals surface area contributed by atoms with Crippen LogP contribution in [-0.2, 0) is 12.3 Å². The molecule has 2 aromatic heterocycles. The Hall–Kier alpha value is -0.930. The van der Waals surface area contributed by atoms with E-state index in [2.05, 4.69) is 23.0 Å². The van der Waals surface area contributed by atoms with Crippen LogP contribution in [0.1, 0.15) is 18.2 Å². The Kier molecular flexibility index (Phi) is 3.34. The third kappa shape index (κ3) is 2.19. The van der Waals surface area contributed by atoms with Crippen LogP contribution < -0.4 is 0 Å². The quantitative estimate of drug-likeness (QED) is 0.765. The van der Waals surface area contributed by atoms with Gasteiger partial charge in [0.1, 0.15) is 10.7 Å². The fraction of sp³-hybridized carbons (Fsp3) is 0.273. The molecule has 0 saturated carbocycles. The molecule has 0 radical (unpaired) electrons. The predicted octanol–water partition coefficient (Wildman–Crippen LogP) is 3.51. The highest BCUT2D eigenvalue weighted by atomic mass is 35.5. The van der Waals surface area contributed by atoms with Crippen molar-refractivity contribution in [3.8, 4) is 10.7 Å². The Morgan fingerprint density at radius 1 is 1.47 bits per heavy atom. The Labute approximate surface area is 98.0 Å². The summed E-state index contributed by atoms with van der Waals surface area (Å²) in [6.45, 7) is 2.12. The van der Waals surface area contributed by atoms with Crippen LogP contribution >= 0.6 is 22.9 Å². The van der Waals surface area contributed by atoms with Crippen molar-refractivity contribution in [1.82, 2.24) is 9.97 Å². The van der Waals surface area contributed by atoms with E-state index in [9.17, 15) is 0 Å². The zero-order chi connectivity index (χ0) is 10.7. The second-order valence-electron chi connectivity index (χ2n) is 3.14. The third-order valence-electron chi connectivity index (χ3n) is 2.16. The highest BCUT2D eigenvalue weighted by Crippen LogP contribution is 2.25. The van der Waals surface area contributed by atoms with Gasteiger partial charge >= 0.3 is 0 Å². The lowest BCUT2D eigenvalue weighted by molar-refractivity contribution is 1.10. The molecule has 0 aromatic carbocycles. The number of halogens is 1. The van der Waals surface area contributed by atoms with Crippen LogP contribution in [0.15, 0.2) is 23.7 Å². The number of hydrogen-bond donors (Lipinski definition) is 0. The molecule has 2 rings (SSSR count). The molecule has 0 fully saturated rings. The number of pyridine rings is 1. The van der Waals surface area contributed by atoms with Crippen LogP contribution in [0, 0.1) is 0 Å². The molecule has 0 atom stereocenters. The zero-order valence-electron chi connectivity index (χ0n) is 8.40. The lowest BCUT2D eigenvalue weighted by Gasteiger charge is -2.01. The van der Waals surface area contributed by atoms with E-state index in [0.29, 0.717) is 5.88 Å². The molecule has 0 aliphatic heterocycles. The van der Waals surface area contributed by atoms with Crippen molar-refractivity contribution in [1.29, 1.82) is 0 Å². The summed E-state index contributed by atoms with van der Waals surface area (Å²) in [5, 5.41) is 2.94. The van der Waals surface area contributed by atoms with E-state index < -0.39 is 0 Å². The lowest BCUT2D eigenvalue weighted by atomic mass is 10.1. The first-order chi connectivity index (χ1) is 7.35. The molecule has 15 heavy (non-hydrogen) atoms. The highest BCUT2D eigenvalue weighted by molar-refractivity contribution is 7.13. The van der Waals surface area contributed by atoms with Crippen molar-refractivity contribution >= 4 is 22.9 Å². The summed E-state index contributed by atoms with van der Waals surface area (Å²) in [7, 11) is 0. The monoisotopic (exact) mass is 238 g/mol. The van der Waals surface area contributed by atoms with E-state index >= 15 is 0 Å². The molecule has 2 heterocycles. The molecule has 4 heteroatoms. The summed E-state index contributed by atoms with van der Waals surface area (Å²) in [5.74, 6) is 0.463. The van der Waals surface area contributed by atoms with E-state index in [4.69, 9.17) is 11.6 Å². The van der Waals surface area contributed by atoms with Crippen LogP contribution in [0.3, 0.4) is 0 Å². The van der Waals surface area contributed by atoms with Crippen LogP contribution in [0.2, 0.25) is 0 Å². The van der Waals surface area contributed by atoms with Gasteiger partial charge in [0.15, 0.2) is 0 Å². The largest absolute Gasteiger partial charge is 0.253 e. The number of nitrogens with zero attached hydrogens (tertiary/aromatic N) is 2. The summed E-state index contributed by atoms with van der Waals surface area (Å²) in [6, 6.07) is 4.04. The van der Waals surface area contributed by atoms with Gasteiger partial charge in [-0.15, -0.1) is 22.9 Å². The number of hydrogen-bond acceptors (Lipinski definition) is 3. The van der Waals surface area contributed by atoms with Crippen LogP contribution in [0.5, 0.6) is 0 Å². The first-order valence-corrected chi connectivity index (χ1v) is 6.21. The maximum atomic E-state index is 5.73. The van der Waals surface area contributed by atoms with Crippen LogP contribution in [0.4, 0.5) is 0 Å². The second kappa shape index (κ2) is 4.73. The molecule has 0 saturated heterocycles. The molecule has 0 unspecified atom stereocenters. The van der Waals surface area contributed by atoms with E-state index in [-0.39, 0.29) is 0 Å². The molecule has 0 aliphatic rings. The molecular weight excluding hydrogens is 228 g/mol. The average Bonchev–Trinajstić information content (AvgIpc) is 2.77. The minimum Gasteiger partial charge on any atom is -0.253 e. The van der Waals surface area contributed by atoms with E-state index in [1.165, 1.54) is 5.56 Å². The molecule has 0 aliphatic carbocycles. The van der Waals surface area contributed by atoms with Crippen LogP contribution in [-0.4, -0.2) is 9.97 Å². The molecular formula is C11H11ClN2S. The smallest absolute Gasteiger partial charge is 0.142 e. The summed E-state index contributed by atoms with van der Waals surface area (Å²) < 4.78 is 0. The van der Waals surface area contributed by atoms with Gasteiger partial charge in [-0.05, 0) is 18.1 Å². The molecule has 0 N–H and O–H groups in total.